The van der Waals surface area contributed by atoms with Crippen molar-refractivity contribution in [1.29, 1.82) is 5.26 Å². The van der Waals surface area contributed by atoms with Crippen molar-refractivity contribution in [2.75, 3.05) is 40.0 Å². The molecule has 2 heterocycles. The first kappa shape index (κ1) is 23.9. The smallest absolute Gasteiger partial charge is 0.314 e. The van der Waals surface area contributed by atoms with Gasteiger partial charge in [0.15, 0.2) is 0 Å². The topological polar surface area (TPSA) is 92.0 Å². The molecule has 184 valence electrons. The maximum atomic E-state index is 12.5. The van der Waals surface area contributed by atoms with Gasteiger partial charge in [-0.25, -0.2) is 0 Å². The van der Waals surface area contributed by atoms with E-state index in [1.807, 2.05) is 60.7 Å². The zero-order valence-corrected chi connectivity index (χ0v) is 20.1. The minimum Gasteiger partial charge on any atom is -0.497 e. The van der Waals surface area contributed by atoms with Crippen LogP contribution in [0.5, 0.6) is 11.5 Å². The second-order valence-electron chi connectivity index (χ2n) is 9.51. The summed E-state index contributed by atoms with van der Waals surface area (Å²) >= 11 is 0. The molecular formula is C29H28N2O5. The number of nitriles is 1. The molecule has 2 aliphatic heterocycles. The standard InChI is InChI=1S/C29H28N2O5/c1-34-25-12-8-24(9-13-25)29(19-35-20-29)31-15-14-28(17-31,27(32)33)18-36-26-10-6-23(7-11-26)22-4-2-21(16-30)3-5-22/h2-13H,14-15,17-20H2,1H3,(H,32,33). The van der Waals surface area contributed by atoms with Crippen molar-refractivity contribution in [3.8, 4) is 28.7 Å². The number of ether oxygens (including phenoxy) is 3. The highest BCUT2D eigenvalue weighted by atomic mass is 16.5. The summed E-state index contributed by atoms with van der Waals surface area (Å²) < 4.78 is 16.9. The summed E-state index contributed by atoms with van der Waals surface area (Å²) in [6, 6.07) is 25.0. The third-order valence-electron chi connectivity index (χ3n) is 7.44. The second kappa shape index (κ2) is 9.65. The summed E-state index contributed by atoms with van der Waals surface area (Å²) in [5, 5.41) is 19.2. The Balaban J connectivity index is 1.28. The van der Waals surface area contributed by atoms with Gasteiger partial charge in [-0.3, -0.25) is 9.69 Å². The van der Waals surface area contributed by atoms with Crippen molar-refractivity contribution in [1.82, 2.24) is 4.90 Å². The number of likely N-dealkylation sites (tertiary alicyclic amines) is 1. The number of carboxylic acids is 1. The molecule has 7 heteroatoms. The molecule has 0 bridgehead atoms. The SMILES string of the molecule is COc1ccc(C2(N3CCC(COc4ccc(-c5ccc(C#N)cc5)cc4)(C(=O)O)C3)COC2)cc1. The van der Waals surface area contributed by atoms with Crippen LogP contribution in [0, 0.1) is 16.7 Å². The Morgan fingerprint density at radius 1 is 1.00 bits per heavy atom. The van der Waals surface area contributed by atoms with Gasteiger partial charge in [0, 0.05) is 13.1 Å². The zero-order valence-electron chi connectivity index (χ0n) is 20.1. The fourth-order valence-electron chi connectivity index (χ4n) is 5.02. The van der Waals surface area contributed by atoms with E-state index in [1.54, 1.807) is 19.2 Å². The average molecular weight is 485 g/mol. The van der Waals surface area contributed by atoms with E-state index < -0.39 is 11.4 Å². The van der Waals surface area contributed by atoms with E-state index in [4.69, 9.17) is 19.5 Å². The number of aliphatic carboxylic acids is 1. The van der Waals surface area contributed by atoms with E-state index in [-0.39, 0.29) is 12.1 Å². The van der Waals surface area contributed by atoms with Crippen molar-refractivity contribution < 1.29 is 24.1 Å². The maximum absolute atomic E-state index is 12.5. The molecule has 1 unspecified atom stereocenters. The predicted octanol–water partition coefficient (Wildman–Crippen LogP) is 4.32. The van der Waals surface area contributed by atoms with Gasteiger partial charge in [0.25, 0.3) is 0 Å². The first-order valence-corrected chi connectivity index (χ1v) is 11.9. The monoisotopic (exact) mass is 484 g/mol. The third-order valence-corrected chi connectivity index (χ3v) is 7.44. The van der Waals surface area contributed by atoms with E-state index >= 15 is 0 Å². The molecule has 7 nitrogen and oxygen atoms in total. The molecule has 0 amide bonds. The third kappa shape index (κ3) is 4.30. The normalized spacial score (nSPS) is 20.8. The van der Waals surface area contributed by atoms with Crippen LogP contribution >= 0.6 is 0 Å². The number of carbonyl (C=O) groups is 1. The van der Waals surface area contributed by atoms with Gasteiger partial charge in [-0.1, -0.05) is 36.4 Å². The van der Waals surface area contributed by atoms with Gasteiger partial charge in [0.05, 0.1) is 37.5 Å². The van der Waals surface area contributed by atoms with Crippen LogP contribution in [0.15, 0.2) is 72.8 Å². The summed E-state index contributed by atoms with van der Waals surface area (Å²) in [5.41, 5.74) is 2.40. The lowest BCUT2D eigenvalue weighted by molar-refractivity contribution is -0.157. The highest BCUT2D eigenvalue weighted by Gasteiger charge is 2.54. The molecule has 0 radical (unpaired) electrons. The Morgan fingerprint density at radius 3 is 2.14 bits per heavy atom. The Labute approximate surface area is 210 Å². The number of carboxylic acid groups (broad SMARTS) is 1. The van der Waals surface area contributed by atoms with E-state index in [2.05, 4.69) is 11.0 Å². The Kier molecular flexibility index (Phi) is 6.40. The predicted molar refractivity (Wildman–Crippen MR) is 134 cm³/mol. The van der Waals surface area contributed by atoms with Gasteiger partial charge >= 0.3 is 5.97 Å². The van der Waals surface area contributed by atoms with Crippen LogP contribution in [0.1, 0.15) is 17.5 Å². The molecule has 3 aromatic rings. The highest BCUT2D eigenvalue weighted by Crippen LogP contribution is 2.44. The maximum Gasteiger partial charge on any atom is 0.314 e. The van der Waals surface area contributed by atoms with Gasteiger partial charge in [-0.15, -0.1) is 0 Å². The van der Waals surface area contributed by atoms with Gasteiger partial charge in [0.2, 0.25) is 0 Å². The minimum absolute atomic E-state index is 0.0919. The molecule has 3 aromatic carbocycles. The number of rotatable bonds is 8. The first-order chi connectivity index (χ1) is 17.5. The second-order valence-corrected chi connectivity index (χ2v) is 9.51. The van der Waals surface area contributed by atoms with Gasteiger partial charge in [0.1, 0.15) is 23.5 Å². The first-order valence-electron chi connectivity index (χ1n) is 11.9. The van der Waals surface area contributed by atoms with Crippen molar-refractivity contribution >= 4 is 5.97 Å². The molecule has 2 aliphatic rings. The van der Waals surface area contributed by atoms with Crippen molar-refractivity contribution in [3.63, 3.8) is 0 Å². The summed E-state index contributed by atoms with van der Waals surface area (Å²) in [6.07, 6.45) is 0.504. The molecule has 2 fully saturated rings. The quantitative estimate of drug-likeness (QED) is 0.509. The lowest BCUT2D eigenvalue weighted by Gasteiger charge is -2.49. The number of hydrogen-bond donors (Lipinski definition) is 1. The van der Waals surface area contributed by atoms with Crippen LogP contribution < -0.4 is 9.47 Å². The van der Waals surface area contributed by atoms with Crippen LogP contribution in [0.3, 0.4) is 0 Å². The van der Waals surface area contributed by atoms with Crippen LogP contribution in [0.2, 0.25) is 0 Å². The molecular weight excluding hydrogens is 456 g/mol. The largest absolute Gasteiger partial charge is 0.497 e. The van der Waals surface area contributed by atoms with Crippen LogP contribution in [-0.4, -0.2) is 56.0 Å². The lowest BCUT2D eigenvalue weighted by atomic mass is 9.84. The van der Waals surface area contributed by atoms with Crippen molar-refractivity contribution in [2.45, 2.75) is 12.0 Å². The fourth-order valence-corrected chi connectivity index (χ4v) is 5.02. The molecule has 0 saturated carbocycles. The Hall–Kier alpha value is -3.86. The summed E-state index contributed by atoms with van der Waals surface area (Å²) in [5.74, 6) is 0.571. The summed E-state index contributed by atoms with van der Waals surface area (Å²) in [6.45, 7) is 2.21. The van der Waals surface area contributed by atoms with Gasteiger partial charge in [-0.2, -0.15) is 5.26 Å². The molecule has 2 saturated heterocycles. The molecule has 36 heavy (non-hydrogen) atoms. The van der Waals surface area contributed by atoms with E-state index in [1.165, 1.54) is 0 Å². The number of hydrogen-bond acceptors (Lipinski definition) is 6. The number of benzene rings is 3. The molecule has 5 rings (SSSR count). The van der Waals surface area contributed by atoms with E-state index in [0.717, 1.165) is 22.4 Å². The summed E-state index contributed by atoms with van der Waals surface area (Å²) in [7, 11) is 1.64. The van der Waals surface area contributed by atoms with Crippen LogP contribution in [-0.2, 0) is 15.1 Å². The number of nitrogens with zero attached hydrogens (tertiary/aromatic N) is 2. The lowest BCUT2D eigenvalue weighted by Crippen LogP contribution is -2.59. The molecule has 1 atom stereocenters. The Morgan fingerprint density at radius 2 is 1.61 bits per heavy atom. The van der Waals surface area contributed by atoms with E-state index in [0.29, 0.717) is 44.0 Å². The Bertz CT molecular complexity index is 1260. The highest BCUT2D eigenvalue weighted by molar-refractivity contribution is 5.76. The number of methoxy groups -OCH3 is 1. The molecule has 1 N–H and O–H groups in total. The molecule has 0 spiro atoms. The van der Waals surface area contributed by atoms with Crippen LogP contribution in [0.25, 0.3) is 11.1 Å². The van der Waals surface area contributed by atoms with Crippen molar-refractivity contribution in [2.24, 2.45) is 5.41 Å². The summed E-state index contributed by atoms with van der Waals surface area (Å²) in [4.78, 5) is 14.7. The molecule has 0 aromatic heterocycles. The van der Waals surface area contributed by atoms with Gasteiger partial charge in [-0.05, 0) is 59.5 Å². The molecule has 0 aliphatic carbocycles. The fraction of sp³-hybridized carbons (Fsp3) is 0.310. The van der Waals surface area contributed by atoms with Gasteiger partial charge < -0.3 is 19.3 Å². The van der Waals surface area contributed by atoms with Crippen molar-refractivity contribution in [3.05, 3.63) is 83.9 Å². The van der Waals surface area contributed by atoms with Crippen LogP contribution in [0.4, 0.5) is 0 Å². The minimum atomic E-state index is -0.999. The zero-order chi connectivity index (χ0) is 25.2. The average Bonchev–Trinajstić information content (AvgIpc) is 3.33. The van der Waals surface area contributed by atoms with E-state index in [9.17, 15) is 9.90 Å².